The summed E-state index contributed by atoms with van der Waals surface area (Å²) >= 11 is 0. The van der Waals surface area contributed by atoms with Crippen molar-refractivity contribution in [1.29, 1.82) is 0 Å². The molecule has 18 heavy (non-hydrogen) atoms. The van der Waals surface area contributed by atoms with Crippen molar-refractivity contribution in [3.63, 3.8) is 0 Å². The van der Waals surface area contributed by atoms with Crippen LogP contribution >= 0.6 is 0 Å². The van der Waals surface area contributed by atoms with Gasteiger partial charge in [0.15, 0.2) is 0 Å². The minimum absolute atomic E-state index is 0.0368. The number of ether oxygens (including phenoxy) is 1. The Morgan fingerprint density at radius 3 is 2.61 bits per heavy atom. The molecular weight excluding hydrogens is 229 g/mol. The molecule has 2 unspecified atom stereocenters. The van der Waals surface area contributed by atoms with E-state index in [1.165, 1.54) is 6.07 Å². The van der Waals surface area contributed by atoms with Gasteiger partial charge in [0.1, 0.15) is 11.6 Å². The summed E-state index contributed by atoms with van der Waals surface area (Å²) in [5, 5.41) is 3.30. The Morgan fingerprint density at radius 1 is 1.28 bits per heavy atom. The SMILES string of the molecule is CCCNC(C)c1c(F)cccc1OC(C)CC. The molecule has 1 N–H and O–H groups in total. The third-order valence-corrected chi connectivity index (χ3v) is 3.05. The van der Waals surface area contributed by atoms with E-state index >= 15 is 0 Å². The van der Waals surface area contributed by atoms with E-state index in [0.29, 0.717) is 11.3 Å². The van der Waals surface area contributed by atoms with Crippen LogP contribution in [0.3, 0.4) is 0 Å². The normalized spacial score (nSPS) is 14.3. The van der Waals surface area contributed by atoms with E-state index in [2.05, 4.69) is 19.2 Å². The fourth-order valence-corrected chi connectivity index (χ4v) is 1.80. The molecule has 2 atom stereocenters. The lowest BCUT2D eigenvalue weighted by atomic mass is 10.1. The average molecular weight is 253 g/mol. The Kier molecular flexibility index (Phi) is 6.13. The minimum Gasteiger partial charge on any atom is -0.490 e. The molecule has 0 spiro atoms. The molecule has 0 aliphatic rings. The Labute approximate surface area is 110 Å². The predicted molar refractivity (Wildman–Crippen MR) is 73.5 cm³/mol. The zero-order valence-electron chi connectivity index (χ0n) is 11.8. The van der Waals surface area contributed by atoms with Gasteiger partial charge in [0.2, 0.25) is 0 Å². The van der Waals surface area contributed by atoms with Gasteiger partial charge in [0.25, 0.3) is 0 Å². The summed E-state index contributed by atoms with van der Waals surface area (Å²) in [6, 6.07) is 4.99. The molecule has 0 aliphatic heterocycles. The second-order valence-corrected chi connectivity index (χ2v) is 4.66. The highest BCUT2D eigenvalue weighted by atomic mass is 19.1. The largest absolute Gasteiger partial charge is 0.490 e. The monoisotopic (exact) mass is 253 g/mol. The first-order chi connectivity index (χ1) is 8.60. The van der Waals surface area contributed by atoms with Gasteiger partial charge in [-0.25, -0.2) is 4.39 Å². The Hall–Kier alpha value is -1.09. The van der Waals surface area contributed by atoms with E-state index in [1.54, 1.807) is 6.07 Å². The molecule has 0 aromatic heterocycles. The Balaban J connectivity index is 2.92. The molecule has 3 heteroatoms. The second kappa shape index (κ2) is 7.37. The van der Waals surface area contributed by atoms with E-state index in [0.717, 1.165) is 19.4 Å². The van der Waals surface area contributed by atoms with Crippen molar-refractivity contribution < 1.29 is 9.13 Å². The molecule has 0 heterocycles. The van der Waals surface area contributed by atoms with Crippen LogP contribution in [0.1, 0.15) is 52.1 Å². The average Bonchev–Trinajstić information content (AvgIpc) is 2.36. The van der Waals surface area contributed by atoms with E-state index in [9.17, 15) is 4.39 Å². The third-order valence-electron chi connectivity index (χ3n) is 3.05. The lowest BCUT2D eigenvalue weighted by Crippen LogP contribution is -2.22. The van der Waals surface area contributed by atoms with Crippen LogP contribution in [0.25, 0.3) is 0 Å². The van der Waals surface area contributed by atoms with Crippen molar-refractivity contribution in [2.75, 3.05) is 6.54 Å². The van der Waals surface area contributed by atoms with Gasteiger partial charge in [-0.05, 0) is 45.4 Å². The molecule has 1 aromatic rings. The second-order valence-electron chi connectivity index (χ2n) is 4.66. The van der Waals surface area contributed by atoms with Gasteiger partial charge in [0, 0.05) is 11.6 Å². The first-order valence-electron chi connectivity index (χ1n) is 6.78. The van der Waals surface area contributed by atoms with Gasteiger partial charge in [-0.15, -0.1) is 0 Å². The van der Waals surface area contributed by atoms with Crippen LogP contribution in [0, 0.1) is 5.82 Å². The molecule has 0 saturated heterocycles. The minimum atomic E-state index is -0.202. The molecule has 0 fully saturated rings. The van der Waals surface area contributed by atoms with Crippen LogP contribution in [-0.2, 0) is 0 Å². The van der Waals surface area contributed by atoms with Crippen LogP contribution < -0.4 is 10.1 Å². The summed E-state index contributed by atoms with van der Waals surface area (Å²) < 4.78 is 19.8. The summed E-state index contributed by atoms with van der Waals surface area (Å²) in [7, 11) is 0. The fourth-order valence-electron chi connectivity index (χ4n) is 1.80. The number of hydrogen-bond acceptors (Lipinski definition) is 2. The standard InChI is InChI=1S/C15H24FNO/c1-5-10-17-12(4)15-13(16)8-7-9-14(15)18-11(3)6-2/h7-9,11-12,17H,5-6,10H2,1-4H3. The molecule has 1 rings (SSSR count). The van der Waals surface area contributed by atoms with Gasteiger partial charge in [-0.3, -0.25) is 0 Å². The van der Waals surface area contributed by atoms with E-state index in [1.807, 2.05) is 19.9 Å². The Bertz CT molecular complexity index is 368. The third kappa shape index (κ3) is 3.98. The number of nitrogens with one attached hydrogen (secondary N) is 1. The highest BCUT2D eigenvalue weighted by Crippen LogP contribution is 2.29. The topological polar surface area (TPSA) is 21.3 Å². The highest BCUT2D eigenvalue weighted by Gasteiger charge is 2.17. The van der Waals surface area contributed by atoms with Crippen molar-refractivity contribution in [2.45, 2.75) is 52.7 Å². The van der Waals surface area contributed by atoms with Gasteiger partial charge >= 0.3 is 0 Å². The maximum absolute atomic E-state index is 14.0. The van der Waals surface area contributed by atoms with Crippen LogP contribution in [0.5, 0.6) is 5.75 Å². The molecule has 2 nitrogen and oxygen atoms in total. The van der Waals surface area contributed by atoms with E-state index < -0.39 is 0 Å². The fraction of sp³-hybridized carbons (Fsp3) is 0.600. The van der Waals surface area contributed by atoms with Gasteiger partial charge in [-0.2, -0.15) is 0 Å². The maximum Gasteiger partial charge on any atom is 0.131 e. The summed E-state index contributed by atoms with van der Waals surface area (Å²) in [5.74, 6) is 0.451. The quantitative estimate of drug-likeness (QED) is 0.791. The van der Waals surface area contributed by atoms with E-state index in [-0.39, 0.29) is 18.0 Å². The summed E-state index contributed by atoms with van der Waals surface area (Å²) in [6.45, 7) is 8.99. The van der Waals surface area contributed by atoms with Crippen LogP contribution in [0.2, 0.25) is 0 Å². The van der Waals surface area contributed by atoms with E-state index in [4.69, 9.17) is 4.74 Å². The molecule has 0 radical (unpaired) electrons. The van der Waals surface area contributed by atoms with Gasteiger partial charge < -0.3 is 10.1 Å². The number of halogens is 1. The number of rotatable bonds is 7. The van der Waals surface area contributed by atoms with Gasteiger partial charge in [0.05, 0.1) is 6.10 Å². The van der Waals surface area contributed by atoms with Crippen LogP contribution in [-0.4, -0.2) is 12.6 Å². The van der Waals surface area contributed by atoms with Crippen molar-refractivity contribution in [3.8, 4) is 5.75 Å². The summed E-state index contributed by atoms with van der Waals surface area (Å²) in [5.41, 5.74) is 0.631. The molecule has 1 aromatic carbocycles. The van der Waals surface area contributed by atoms with Crippen LogP contribution in [0.15, 0.2) is 18.2 Å². The maximum atomic E-state index is 14.0. The highest BCUT2D eigenvalue weighted by molar-refractivity contribution is 5.37. The van der Waals surface area contributed by atoms with Crippen molar-refractivity contribution in [2.24, 2.45) is 0 Å². The zero-order valence-corrected chi connectivity index (χ0v) is 11.8. The van der Waals surface area contributed by atoms with Crippen molar-refractivity contribution >= 4 is 0 Å². The number of benzene rings is 1. The molecular formula is C15H24FNO. The predicted octanol–water partition coefficient (Wildman–Crippen LogP) is 4.06. The molecule has 0 saturated carbocycles. The molecule has 0 amide bonds. The van der Waals surface area contributed by atoms with Crippen molar-refractivity contribution in [3.05, 3.63) is 29.6 Å². The molecule has 0 aliphatic carbocycles. The molecule has 102 valence electrons. The lowest BCUT2D eigenvalue weighted by Gasteiger charge is -2.21. The van der Waals surface area contributed by atoms with Crippen LogP contribution in [0.4, 0.5) is 4.39 Å². The first-order valence-corrected chi connectivity index (χ1v) is 6.78. The smallest absolute Gasteiger partial charge is 0.131 e. The van der Waals surface area contributed by atoms with Crippen molar-refractivity contribution in [1.82, 2.24) is 5.32 Å². The summed E-state index contributed by atoms with van der Waals surface area (Å²) in [6.07, 6.45) is 2.04. The number of hydrogen-bond donors (Lipinski definition) is 1. The molecule has 0 bridgehead atoms. The lowest BCUT2D eigenvalue weighted by molar-refractivity contribution is 0.212. The summed E-state index contributed by atoms with van der Waals surface area (Å²) in [4.78, 5) is 0. The first kappa shape index (κ1) is 15.0. The zero-order chi connectivity index (χ0) is 13.5. The van der Waals surface area contributed by atoms with Gasteiger partial charge in [-0.1, -0.05) is 19.9 Å². The Morgan fingerprint density at radius 2 is 2.00 bits per heavy atom.